The molecule has 1 aliphatic rings. The summed E-state index contributed by atoms with van der Waals surface area (Å²) >= 11 is 0. The summed E-state index contributed by atoms with van der Waals surface area (Å²) in [6.07, 6.45) is 4.98. The number of nitrogens with two attached hydrogens (primary N) is 1. The molecule has 0 aliphatic carbocycles. The fraction of sp³-hybridized carbons (Fsp3) is 0.583. The fourth-order valence-corrected chi connectivity index (χ4v) is 2.27. The number of rotatable bonds is 3. The molecule has 0 radical (unpaired) electrons. The van der Waals surface area contributed by atoms with Gasteiger partial charge in [-0.15, -0.1) is 0 Å². The molecule has 2 N–H and O–H groups in total. The number of ether oxygens (including phenoxy) is 1. The van der Waals surface area contributed by atoms with Crippen molar-refractivity contribution in [3.63, 3.8) is 0 Å². The second-order valence-corrected chi connectivity index (χ2v) is 4.54. The number of amides is 1. The van der Waals surface area contributed by atoms with E-state index in [1.165, 1.54) is 12.4 Å². The van der Waals surface area contributed by atoms with Crippen LogP contribution in [0.25, 0.3) is 0 Å². The van der Waals surface area contributed by atoms with Gasteiger partial charge in [-0.2, -0.15) is 0 Å². The Bertz CT molecular complexity index is 422. The van der Waals surface area contributed by atoms with E-state index in [4.69, 9.17) is 10.5 Å². The molecule has 1 aromatic heterocycles. The number of methoxy groups -OCH3 is 1. The zero-order valence-corrected chi connectivity index (χ0v) is 10.5. The highest BCUT2D eigenvalue weighted by Gasteiger charge is 2.25. The van der Waals surface area contributed by atoms with E-state index in [-0.39, 0.29) is 11.7 Å². The Labute approximate surface area is 106 Å². The predicted molar refractivity (Wildman–Crippen MR) is 66.9 cm³/mol. The number of hydrogen-bond donors (Lipinski definition) is 1. The quantitative estimate of drug-likeness (QED) is 0.847. The lowest BCUT2D eigenvalue weighted by molar-refractivity contribution is 0.0565. The van der Waals surface area contributed by atoms with E-state index in [0.717, 1.165) is 19.4 Å². The summed E-state index contributed by atoms with van der Waals surface area (Å²) in [4.78, 5) is 21.9. The fourth-order valence-electron chi connectivity index (χ4n) is 2.27. The van der Waals surface area contributed by atoms with Gasteiger partial charge in [0, 0.05) is 20.2 Å². The van der Waals surface area contributed by atoms with Gasteiger partial charge >= 0.3 is 0 Å². The van der Waals surface area contributed by atoms with Crippen molar-refractivity contribution in [3.05, 3.63) is 18.1 Å². The van der Waals surface area contributed by atoms with Gasteiger partial charge in [0.1, 0.15) is 11.5 Å². The van der Waals surface area contributed by atoms with Gasteiger partial charge in [0.05, 0.1) is 19.0 Å². The number of carbonyl (C=O) groups is 1. The van der Waals surface area contributed by atoms with Crippen molar-refractivity contribution < 1.29 is 9.53 Å². The molecule has 98 valence electrons. The summed E-state index contributed by atoms with van der Waals surface area (Å²) in [5.41, 5.74) is 5.85. The van der Waals surface area contributed by atoms with Gasteiger partial charge in [-0.1, -0.05) is 0 Å². The first kappa shape index (κ1) is 12.8. The molecule has 0 bridgehead atoms. The highest BCUT2D eigenvalue weighted by molar-refractivity contribution is 5.92. The first-order chi connectivity index (χ1) is 8.70. The average Bonchev–Trinajstić information content (AvgIpc) is 2.39. The molecular weight excluding hydrogens is 232 g/mol. The Kier molecular flexibility index (Phi) is 4.09. The largest absolute Gasteiger partial charge is 0.384 e. The topological polar surface area (TPSA) is 81.3 Å². The normalized spacial score (nSPS) is 19.8. The summed E-state index contributed by atoms with van der Waals surface area (Å²) in [5, 5.41) is 0. The van der Waals surface area contributed by atoms with Gasteiger partial charge in [0.15, 0.2) is 0 Å². The third-order valence-electron chi connectivity index (χ3n) is 3.08. The Morgan fingerprint density at radius 1 is 1.61 bits per heavy atom. The smallest absolute Gasteiger partial charge is 0.274 e. The van der Waals surface area contributed by atoms with Crippen LogP contribution in [0.15, 0.2) is 12.4 Å². The van der Waals surface area contributed by atoms with Crippen LogP contribution in [-0.4, -0.2) is 47.6 Å². The molecule has 1 fully saturated rings. The van der Waals surface area contributed by atoms with Crippen LogP contribution in [-0.2, 0) is 4.74 Å². The number of nitrogen functional groups attached to an aromatic ring is 1. The number of likely N-dealkylation sites (tertiary alicyclic amines) is 1. The number of carbonyl (C=O) groups excluding carboxylic acids is 1. The number of hydrogen-bond acceptors (Lipinski definition) is 5. The number of piperidine rings is 1. The lowest BCUT2D eigenvalue weighted by Gasteiger charge is -2.32. The zero-order chi connectivity index (χ0) is 13.0. The molecule has 0 saturated carbocycles. The lowest BCUT2D eigenvalue weighted by atomic mass is 9.99. The van der Waals surface area contributed by atoms with Crippen molar-refractivity contribution in [2.75, 3.05) is 32.5 Å². The molecule has 1 amide bonds. The van der Waals surface area contributed by atoms with Gasteiger partial charge in [-0.3, -0.25) is 9.78 Å². The van der Waals surface area contributed by atoms with Gasteiger partial charge in [0.2, 0.25) is 0 Å². The van der Waals surface area contributed by atoms with Crippen LogP contribution in [0, 0.1) is 5.92 Å². The van der Waals surface area contributed by atoms with Gasteiger partial charge < -0.3 is 15.4 Å². The predicted octanol–water partition coefficient (Wildman–Crippen LogP) is 0.557. The van der Waals surface area contributed by atoms with E-state index in [1.807, 2.05) is 0 Å². The number of nitrogens with zero attached hydrogens (tertiary/aromatic N) is 3. The molecule has 2 heterocycles. The Hall–Kier alpha value is -1.69. The number of aromatic nitrogens is 2. The SMILES string of the molecule is COCC1CCCN(C(=O)c2cncc(N)n2)C1. The maximum atomic E-state index is 12.2. The van der Waals surface area contributed by atoms with Crippen LogP contribution in [0.4, 0.5) is 5.82 Å². The van der Waals surface area contributed by atoms with Crippen LogP contribution in [0.2, 0.25) is 0 Å². The van der Waals surface area contributed by atoms with Crippen LogP contribution in [0.3, 0.4) is 0 Å². The second-order valence-electron chi connectivity index (χ2n) is 4.54. The zero-order valence-electron chi connectivity index (χ0n) is 10.5. The molecule has 1 unspecified atom stereocenters. The van der Waals surface area contributed by atoms with Crippen molar-refractivity contribution in [2.24, 2.45) is 5.92 Å². The molecule has 0 aromatic carbocycles. The standard InChI is InChI=1S/C12H18N4O2/c1-18-8-9-3-2-4-16(7-9)12(17)10-5-14-6-11(13)15-10/h5-6,9H,2-4,7-8H2,1H3,(H2,13,15). The Morgan fingerprint density at radius 2 is 2.44 bits per heavy atom. The number of anilines is 1. The maximum Gasteiger partial charge on any atom is 0.274 e. The van der Waals surface area contributed by atoms with E-state index < -0.39 is 0 Å². The van der Waals surface area contributed by atoms with Crippen LogP contribution < -0.4 is 5.73 Å². The lowest BCUT2D eigenvalue weighted by Crippen LogP contribution is -2.41. The van der Waals surface area contributed by atoms with E-state index in [0.29, 0.717) is 24.8 Å². The van der Waals surface area contributed by atoms with E-state index in [2.05, 4.69) is 9.97 Å². The van der Waals surface area contributed by atoms with E-state index in [9.17, 15) is 4.79 Å². The van der Waals surface area contributed by atoms with Crippen LogP contribution in [0.1, 0.15) is 23.3 Å². The molecule has 2 rings (SSSR count). The second kappa shape index (κ2) is 5.77. The first-order valence-corrected chi connectivity index (χ1v) is 6.06. The molecule has 18 heavy (non-hydrogen) atoms. The van der Waals surface area contributed by atoms with Gasteiger partial charge in [-0.05, 0) is 18.8 Å². The summed E-state index contributed by atoms with van der Waals surface area (Å²) in [6, 6.07) is 0. The summed E-state index contributed by atoms with van der Waals surface area (Å²) in [5.74, 6) is 0.573. The molecule has 1 aromatic rings. The average molecular weight is 250 g/mol. The van der Waals surface area contributed by atoms with E-state index >= 15 is 0 Å². The molecule has 1 aliphatic heterocycles. The highest BCUT2D eigenvalue weighted by atomic mass is 16.5. The maximum absolute atomic E-state index is 12.2. The summed E-state index contributed by atoms with van der Waals surface area (Å²) in [6.45, 7) is 2.16. The van der Waals surface area contributed by atoms with Crippen molar-refractivity contribution >= 4 is 11.7 Å². The van der Waals surface area contributed by atoms with Crippen molar-refractivity contribution in [2.45, 2.75) is 12.8 Å². The summed E-state index contributed by atoms with van der Waals surface area (Å²) < 4.78 is 5.15. The minimum absolute atomic E-state index is 0.101. The minimum atomic E-state index is -0.101. The highest BCUT2D eigenvalue weighted by Crippen LogP contribution is 2.18. The molecule has 0 spiro atoms. The summed E-state index contributed by atoms with van der Waals surface area (Å²) in [7, 11) is 1.68. The van der Waals surface area contributed by atoms with Crippen LogP contribution in [0.5, 0.6) is 0 Å². The third-order valence-corrected chi connectivity index (χ3v) is 3.08. The minimum Gasteiger partial charge on any atom is -0.384 e. The van der Waals surface area contributed by atoms with Crippen molar-refractivity contribution in [1.29, 1.82) is 0 Å². The first-order valence-electron chi connectivity index (χ1n) is 6.06. The molecule has 6 heteroatoms. The third kappa shape index (κ3) is 2.95. The monoisotopic (exact) mass is 250 g/mol. The van der Waals surface area contributed by atoms with E-state index in [1.54, 1.807) is 12.0 Å². The van der Waals surface area contributed by atoms with Crippen molar-refractivity contribution in [3.8, 4) is 0 Å². The Morgan fingerprint density at radius 3 is 3.17 bits per heavy atom. The van der Waals surface area contributed by atoms with Crippen LogP contribution >= 0.6 is 0 Å². The Balaban J connectivity index is 2.04. The molecule has 6 nitrogen and oxygen atoms in total. The van der Waals surface area contributed by atoms with Crippen molar-refractivity contribution in [1.82, 2.24) is 14.9 Å². The van der Waals surface area contributed by atoms with Gasteiger partial charge in [0.25, 0.3) is 5.91 Å². The molecular formula is C12H18N4O2. The molecule has 1 saturated heterocycles. The van der Waals surface area contributed by atoms with Gasteiger partial charge in [-0.25, -0.2) is 4.98 Å². The molecule has 1 atom stereocenters.